The Morgan fingerprint density at radius 2 is 1.37 bits per heavy atom. The Morgan fingerprint density at radius 1 is 0.852 bits per heavy atom. The van der Waals surface area contributed by atoms with E-state index in [0.717, 1.165) is 19.9 Å². The quantitative estimate of drug-likeness (QED) is 0.285. The third-order valence-corrected chi connectivity index (χ3v) is 3.04. The van der Waals surface area contributed by atoms with Gasteiger partial charge in [0.1, 0.15) is 11.5 Å². The Morgan fingerprint density at radius 3 is 1.81 bits per heavy atom. The number of carbonyl (C=O) groups is 5. The largest absolute Gasteiger partial charge is 0.465 e. The number of benzene rings is 1. The lowest BCUT2D eigenvalue weighted by molar-refractivity contribution is -0.158. The van der Waals surface area contributed by atoms with E-state index in [2.05, 4.69) is 0 Å². The van der Waals surface area contributed by atoms with E-state index in [4.69, 9.17) is 18.9 Å². The van der Waals surface area contributed by atoms with Crippen LogP contribution in [0.15, 0.2) is 18.2 Å². The van der Waals surface area contributed by atoms with Crippen molar-refractivity contribution in [2.24, 2.45) is 5.92 Å². The molecule has 9 nitrogen and oxygen atoms in total. The maximum absolute atomic E-state index is 12.9. The van der Waals surface area contributed by atoms with Crippen LogP contribution in [-0.2, 0) is 28.7 Å². The van der Waals surface area contributed by atoms with Gasteiger partial charge in [-0.25, -0.2) is 0 Å². The molecule has 0 heterocycles. The van der Waals surface area contributed by atoms with E-state index in [1.807, 2.05) is 0 Å². The number of rotatable bonds is 8. The van der Waals surface area contributed by atoms with Gasteiger partial charge in [-0.05, 0) is 32.0 Å². The second-order valence-electron chi connectivity index (χ2n) is 5.15. The van der Waals surface area contributed by atoms with E-state index >= 15 is 0 Å². The summed E-state index contributed by atoms with van der Waals surface area (Å²) in [5, 5.41) is 0. The summed E-state index contributed by atoms with van der Waals surface area (Å²) in [6.07, 6.45) is 0. The van der Waals surface area contributed by atoms with Gasteiger partial charge in [-0.3, -0.25) is 24.0 Å². The molecule has 0 saturated carbocycles. The predicted molar refractivity (Wildman–Crippen MR) is 90.1 cm³/mol. The molecule has 0 radical (unpaired) electrons. The Bertz CT molecular complexity index is 733. The maximum atomic E-state index is 12.9. The molecule has 0 aliphatic carbocycles. The van der Waals surface area contributed by atoms with Crippen molar-refractivity contribution >= 4 is 29.7 Å². The average Bonchev–Trinajstić information content (AvgIpc) is 2.55. The number of ketones is 1. The number of ether oxygens (including phenoxy) is 4. The molecule has 1 aromatic rings. The van der Waals surface area contributed by atoms with Gasteiger partial charge in [0.15, 0.2) is 5.78 Å². The minimum atomic E-state index is -1.91. The number of esters is 4. The minimum Gasteiger partial charge on any atom is -0.465 e. The van der Waals surface area contributed by atoms with Crippen LogP contribution >= 0.6 is 0 Å². The molecular formula is C18H20O9. The zero-order valence-corrected chi connectivity index (χ0v) is 15.4. The lowest BCUT2D eigenvalue weighted by Gasteiger charge is -2.16. The molecule has 0 unspecified atom stereocenters. The summed E-state index contributed by atoms with van der Waals surface area (Å²) in [5.41, 5.74) is -0.310. The van der Waals surface area contributed by atoms with Gasteiger partial charge in [-0.2, -0.15) is 0 Å². The first-order chi connectivity index (χ1) is 12.7. The van der Waals surface area contributed by atoms with Crippen LogP contribution in [0, 0.1) is 5.92 Å². The standard InChI is InChI=1S/C18H20O9/c1-5-24-17(22)15(18(23)25-6-2)16(21)13-9-12(26-10(3)19)7-8-14(13)27-11(4)20/h7-9,15H,5-6H2,1-4H3. The van der Waals surface area contributed by atoms with Gasteiger partial charge in [0.2, 0.25) is 5.92 Å². The van der Waals surface area contributed by atoms with E-state index in [0.29, 0.717) is 0 Å². The number of Topliss-reactive ketones (excluding diaryl/α,β-unsaturated/α-hetero) is 1. The van der Waals surface area contributed by atoms with Crippen molar-refractivity contribution in [2.75, 3.05) is 13.2 Å². The van der Waals surface area contributed by atoms with Crippen molar-refractivity contribution in [1.82, 2.24) is 0 Å². The summed E-state index contributed by atoms with van der Waals surface area (Å²) in [6.45, 7) is 5.16. The van der Waals surface area contributed by atoms with E-state index in [1.165, 1.54) is 26.0 Å². The Labute approximate surface area is 155 Å². The van der Waals surface area contributed by atoms with Crippen LogP contribution in [0.4, 0.5) is 0 Å². The van der Waals surface area contributed by atoms with E-state index in [9.17, 15) is 24.0 Å². The van der Waals surface area contributed by atoms with Crippen LogP contribution in [0.1, 0.15) is 38.1 Å². The molecule has 1 rings (SSSR count). The second kappa shape index (κ2) is 10.0. The first kappa shape index (κ1) is 21.8. The van der Waals surface area contributed by atoms with Crippen LogP contribution in [-0.4, -0.2) is 42.9 Å². The van der Waals surface area contributed by atoms with E-state index < -0.39 is 35.6 Å². The first-order valence-corrected chi connectivity index (χ1v) is 8.09. The summed E-state index contributed by atoms with van der Waals surface area (Å²) in [5.74, 6) is -6.76. The smallest absolute Gasteiger partial charge is 0.328 e. The van der Waals surface area contributed by atoms with Gasteiger partial charge >= 0.3 is 23.9 Å². The highest BCUT2D eigenvalue weighted by atomic mass is 16.6. The second-order valence-corrected chi connectivity index (χ2v) is 5.15. The van der Waals surface area contributed by atoms with Gasteiger partial charge in [0, 0.05) is 13.8 Å². The third kappa shape index (κ3) is 6.21. The Kier molecular flexibility index (Phi) is 8.12. The summed E-state index contributed by atoms with van der Waals surface area (Å²) in [4.78, 5) is 59.6. The molecule has 27 heavy (non-hydrogen) atoms. The zero-order valence-electron chi connectivity index (χ0n) is 15.4. The molecule has 0 aliphatic heterocycles. The van der Waals surface area contributed by atoms with Crippen LogP contribution in [0.3, 0.4) is 0 Å². The lowest BCUT2D eigenvalue weighted by Crippen LogP contribution is -2.35. The topological polar surface area (TPSA) is 122 Å². The van der Waals surface area contributed by atoms with Gasteiger partial charge in [-0.15, -0.1) is 0 Å². The number of carbonyl (C=O) groups excluding carboxylic acids is 5. The van der Waals surface area contributed by atoms with Crippen molar-refractivity contribution < 1.29 is 42.9 Å². The number of hydrogen-bond donors (Lipinski definition) is 0. The monoisotopic (exact) mass is 380 g/mol. The molecule has 0 amide bonds. The van der Waals surface area contributed by atoms with E-state index in [1.54, 1.807) is 0 Å². The summed E-state index contributed by atoms with van der Waals surface area (Å²) < 4.78 is 19.4. The SMILES string of the molecule is CCOC(=O)C(C(=O)OCC)C(=O)c1cc(OC(C)=O)ccc1OC(C)=O. The summed E-state index contributed by atoms with van der Waals surface area (Å²) >= 11 is 0. The van der Waals surface area contributed by atoms with Crippen molar-refractivity contribution in [3.8, 4) is 11.5 Å². The van der Waals surface area contributed by atoms with Gasteiger partial charge in [0.05, 0.1) is 18.8 Å². The third-order valence-electron chi connectivity index (χ3n) is 3.04. The average molecular weight is 380 g/mol. The van der Waals surface area contributed by atoms with Crippen LogP contribution in [0.2, 0.25) is 0 Å². The fourth-order valence-electron chi connectivity index (χ4n) is 2.09. The molecule has 0 atom stereocenters. The summed E-state index contributed by atoms with van der Waals surface area (Å²) in [6, 6.07) is 3.59. The Balaban J connectivity index is 3.42. The highest BCUT2D eigenvalue weighted by molar-refractivity contribution is 6.21. The fraction of sp³-hybridized carbons (Fsp3) is 0.389. The minimum absolute atomic E-state index is 0.0341. The van der Waals surface area contributed by atoms with Crippen molar-refractivity contribution in [2.45, 2.75) is 27.7 Å². The van der Waals surface area contributed by atoms with Crippen LogP contribution in [0.5, 0.6) is 11.5 Å². The highest BCUT2D eigenvalue weighted by Crippen LogP contribution is 2.28. The molecule has 0 fully saturated rings. The number of hydrogen-bond acceptors (Lipinski definition) is 9. The van der Waals surface area contributed by atoms with Crippen LogP contribution in [0.25, 0.3) is 0 Å². The molecular weight excluding hydrogens is 360 g/mol. The fourth-order valence-corrected chi connectivity index (χ4v) is 2.09. The Hall–Kier alpha value is -3.23. The lowest BCUT2D eigenvalue weighted by atomic mass is 9.96. The molecule has 146 valence electrons. The van der Waals surface area contributed by atoms with Gasteiger partial charge < -0.3 is 18.9 Å². The molecule has 0 spiro atoms. The van der Waals surface area contributed by atoms with Crippen LogP contribution < -0.4 is 9.47 Å². The van der Waals surface area contributed by atoms with Crippen molar-refractivity contribution in [1.29, 1.82) is 0 Å². The molecule has 0 saturated heterocycles. The first-order valence-electron chi connectivity index (χ1n) is 8.09. The molecule has 9 heteroatoms. The predicted octanol–water partition coefficient (Wildman–Crippen LogP) is 1.46. The normalized spacial score (nSPS) is 10.1. The van der Waals surface area contributed by atoms with Crippen molar-refractivity contribution in [3.05, 3.63) is 23.8 Å². The molecule has 0 N–H and O–H groups in total. The highest BCUT2D eigenvalue weighted by Gasteiger charge is 2.39. The molecule has 0 aliphatic rings. The molecule has 1 aromatic carbocycles. The summed E-state index contributed by atoms with van der Waals surface area (Å²) in [7, 11) is 0. The van der Waals surface area contributed by atoms with Gasteiger partial charge in [-0.1, -0.05) is 0 Å². The van der Waals surface area contributed by atoms with Gasteiger partial charge in [0.25, 0.3) is 0 Å². The molecule has 0 aromatic heterocycles. The molecule has 0 bridgehead atoms. The zero-order chi connectivity index (χ0) is 20.6. The van der Waals surface area contributed by atoms with Crippen molar-refractivity contribution in [3.63, 3.8) is 0 Å². The van der Waals surface area contributed by atoms with E-state index in [-0.39, 0.29) is 30.3 Å². The maximum Gasteiger partial charge on any atom is 0.328 e.